The molecule has 1 saturated carbocycles. The summed E-state index contributed by atoms with van der Waals surface area (Å²) < 4.78 is 6.68. The first-order chi connectivity index (χ1) is 10.7. The van der Waals surface area contributed by atoms with E-state index in [0.29, 0.717) is 25.5 Å². The third kappa shape index (κ3) is 5.61. The van der Waals surface area contributed by atoms with E-state index in [1.165, 1.54) is 6.42 Å². The van der Waals surface area contributed by atoms with Crippen molar-refractivity contribution in [1.29, 1.82) is 0 Å². The second-order valence-electron chi connectivity index (χ2n) is 5.86. The van der Waals surface area contributed by atoms with Gasteiger partial charge in [-0.05, 0) is 62.4 Å². The van der Waals surface area contributed by atoms with Crippen molar-refractivity contribution < 1.29 is 9.53 Å². The topological polar surface area (TPSA) is 64.3 Å². The molecule has 1 amide bonds. The fourth-order valence-electron chi connectivity index (χ4n) is 2.90. The van der Waals surface area contributed by atoms with Crippen LogP contribution in [0.1, 0.15) is 38.5 Å². The van der Waals surface area contributed by atoms with Crippen LogP contribution in [0.15, 0.2) is 28.7 Å². The highest BCUT2D eigenvalue weighted by atomic mass is 79.9. The third-order valence-corrected chi connectivity index (χ3v) is 4.72. The van der Waals surface area contributed by atoms with Gasteiger partial charge in [0, 0.05) is 16.9 Å². The zero-order chi connectivity index (χ0) is 15.8. The molecule has 0 aliphatic heterocycles. The van der Waals surface area contributed by atoms with E-state index >= 15 is 0 Å². The molecule has 0 aromatic heterocycles. The van der Waals surface area contributed by atoms with Crippen LogP contribution in [0.5, 0.6) is 5.75 Å². The number of carbonyl (C=O) groups is 1. The molecule has 5 heteroatoms. The van der Waals surface area contributed by atoms with Crippen molar-refractivity contribution in [1.82, 2.24) is 5.32 Å². The number of hydrogen-bond donors (Lipinski definition) is 2. The number of nitrogens with one attached hydrogen (secondary N) is 1. The van der Waals surface area contributed by atoms with Crippen molar-refractivity contribution in [3.63, 3.8) is 0 Å². The number of halogens is 1. The van der Waals surface area contributed by atoms with Crippen molar-refractivity contribution in [2.75, 3.05) is 13.2 Å². The molecule has 2 rings (SSSR count). The average molecular weight is 369 g/mol. The molecule has 1 fully saturated rings. The Morgan fingerprint density at radius 1 is 1.27 bits per heavy atom. The lowest BCUT2D eigenvalue weighted by Gasteiger charge is -2.19. The molecular weight excluding hydrogens is 344 g/mol. The third-order valence-electron chi connectivity index (χ3n) is 4.19. The largest absolute Gasteiger partial charge is 0.494 e. The smallest absolute Gasteiger partial charge is 0.220 e. The lowest BCUT2D eigenvalue weighted by atomic mass is 10.0. The van der Waals surface area contributed by atoms with Crippen LogP contribution in [0.3, 0.4) is 0 Å². The van der Waals surface area contributed by atoms with Crippen molar-refractivity contribution in [2.45, 2.75) is 44.6 Å². The van der Waals surface area contributed by atoms with Crippen LogP contribution in [0, 0.1) is 5.92 Å². The van der Waals surface area contributed by atoms with Crippen LogP contribution < -0.4 is 15.8 Å². The molecule has 122 valence electrons. The molecule has 3 N–H and O–H groups in total. The number of benzene rings is 1. The predicted octanol–water partition coefficient (Wildman–Crippen LogP) is 3.24. The Bertz CT molecular complexity index is 464. The van der Waals surface area contributed by atoms with E-state index in [1.807, 2.05) is 24.3 Å². The summed E-state index contributed by atoms with van der Waals surface area (Å²) in [5.41, 5.74) is 5.73. The minimum atomic E-state index is 0.147. The van der Waals surface area contributed by atoms with Gasteiger partial charge in [-0.1, -0.05) is 22.4 Å². The second-order valence-corrected chi connectivity index (χ2v) is 6.78. The summed E-state index contributed by atoms with van der Waals surface area (Å²) in [6, 6.07) is 8.07. The number of amides is 1. The number of rotatable bonds is 8. The van der Waals surface area contributed by atoms with E-state index in [-0.39, 0.29) is 11.9 Å². The van der Waals surface area contributed by atoms with Gasteiger partial charge in [-0.3, -0.25) is 4.79 Å². The van der Waals surface area contributed by atoms with Gasteiger partial charge in [-0.2, -0.15) is 0 Å². The van der Waals surface area contributed by atoms with Crippen LogP contribution >= 0.6 is 15.9 Å². The van der Waals surface area contributed by atoms with Crippen LogP contribution in [0.2, 0.25) is 0 Å². The molecule has 1 aromatic carbocycles. The van der Waals surface area contributed by atoms with E-state index in [1.54, 1.807) is 0 Å². The standard InChI is InChI=1S/C17H25BrN2O2/c18-14-7-9-15(10-8-14)22-11-2-1-6-17(21)20-16-5-3-4-13(16)12-19/h7-10,13,16H,1-6,11-12,19H2,(H,20,21). The molecule has 2 atom stereocenters. The van der Waals surface area contributed by atoms with Crippen LogP contribution in [-0.2, 0) is 4.79 Å². The molecule has 0 saturated heterocycles. The molecule has 0 radical (unpaired) electrons. The van der Waals surface area contributed by atoms with Gasteiger partial charge >= 0.3 is 0 Å². The Labute approximate surface area is 140 Å². The summed E-state index contributed by atoms with van der Waals surface area (Å²) in [6.45, 7) is 1.32. The average Bonchev–Trinajstić information content (AvgIpc) is 2.96. The first-order valence-corrected chi connectivity index (χ1v) is 8.86. The number of hydrogen-bond acceptors (Lipinski definition) is 3. The molecule has 1 aromatic rings. The first-order valence-electron chi connectivity index (χ1n) is 8.07. The Hall–Kier alpha value is -1.07. The number of unbranched alkanes of at least 4 members (excludes halogenated alkanes) is 1. The van der Waals surface area contributed by atoms with Crippen molar-refractivity contribution in [2.24, 2.45) is 11.7 Å². The monoisotopic (exact) mass is 368 g/mol. The highest BCUT2D eigenvalue weighted by molar-refractivity contribution is 9.10. The highest BCUT2D eigenvalue weighted by Gasteiger charge is 2.26. The lowest BCUT2D eigenvalue weighted by molar-refractivity contribution is -0.122. The number of nitrogens with two attached hydrogens (primary N) is 1. The van der Waals surface area contributed by atoms with Crippen molar-refractivity contribution in [3.8, 4) is 5.75 Å². The van der Waals surface area contributed by atoms with Crippen LogP contribution in [0.25, 0.3) is 0 Å². The van der Waals surface area contributed by atoms with Crippen molar-refractivity contribution in [3.05, 3.63) is 28.7 Å². The summed E-state index contributed by atoms with van der Waals surface area (Å²) in [5.74, 6) is 1.48. The molecule has 22 heavy (non-hydrogen) atoms. The van der Waals surface area contributed by atoms with E-state index in [4.69, 9.17) is 10.5 Å². The zero-order valence-electron chi connectivity index (χ0n) is 12.9. The van der Waals surface area contributed by atoms with Crippen LogP contribution in [-0.4, -0.2) is 25.1 Å². The van der Waals surface area contributed by atoms with Gasteiger partial charge in [-0.25, -0.2) is 0 Å². The Morgan fingerprint density at radius 2 is 2.05 bits per heavy atom. The van der Waals surface area contributed by atoms with E-state index in [2.05, 4.69) is 21.2 Å². The molecule has 1 aliphatic rings. The van der Waals surface area contributed by atoms with E-state index in [0.717, 1.165) is 35.9 Å². The number of ether oxygens (including phenoxy) is 1. The number of carbonyl (C=O) groups excluding carboxylic acids is 1. The van der Waals surface area contributed by atoms with Gasteiger partial charge in [0.25, 0.3) is 0 Å². The van der Waals surface area contributed by atoms with Crippen LogP contribution in [0.4, 0.5) is 0 Å². The van der Waals surface area contributed by atoms with Gasteiger partial charge < -0.3 is 15.8 Å². The normalized spacial score (nSPS) is 20.8. The van der Waals surface area contributed by atoms with Gasteiger partial charge in [-0.15, -0.1) is 0 Å². The molecule has 0 bridgehead atoms. The summed E-state index contributed by atoms with van der Waals surface area (Å²) in [6.07, 6.45) is 5.69. The van der Waals surface area contributed by atoms with Gasteiger partial charge in [0.1, 0.15) is 5.75 Å². The Kier molecular flexibility index (Phi) is 7.19. The summed E-state index contributed by atoms with van der Waals surface area (Å²) in [7, 11) is 0. The minimum Gasteiger partial charge on any atom is -0.494 e. The molecule has 1 aliphatic carbocycles. The first kappa shape index (κ1) is 17.3. The maximum absolute atomic E-state index is 11.9. The SMILES string of the molecule is NCC1CCCC1NC(=O)CCCCOc1ccc(Br)cc1. The van der Waals surface area contributed by atoms with E-state index < -0.39 is 0 Å². The summed E-state index contributed by atoms with van der Waals surface area (Å²) in [4.78, 5) is 11.9. The summed E-state index contributed by atoms with van der Waals surface area (Å²) >= 11 is 3.39. The minimum absolute atomic E-state index is 0.147. The van der Waals surface area contributed by atoms with Gasteiger partial charge in [0.2, 0.25) is 5.91 Å². The van der Waals surface area contributed by atoms with Crippen molar-refractivity contribution >= 4 is 21.8 Å². The maximum atomic E-state index is 11.9. The predicted molar refractivity (Wildman–Crippen MR) is 91.8 cm³/mol. The fourth-order valence-corrected chi connectivity index (χ4v) is 3.16. The zero-order valence-corrected chi connectivity index (χ0v) is 14.5. The molecule has 0 spiro atoms. The Morgan fingerprint density at radius 3 is 2.77 bits per heavy atom. The highest BCUT2D eigenvalue weighted by Crippen LogP contribution is 2.24. The Balaban J connectivity index is 1.56. The van der Waals surface area contributed by atoms with Gasteiger partial charge in [0.15, 0.2) is 0 Å². The molecule has 2 unspecified atom stereocenters. The second kappa shape index (κ2) is 9.16. The van der Waals surface area contributed by atoms with E-state index in [9.17, 15) is 4.79 Å². The molecule has 4 nitrogen and oxygen atoms in total. The van der Waals surface area contributed by atoms with Gasteiger partial charge in [0.05, 0.1) is 6.61 Å². The fraction of sp³-hybridized carbons (Fsp3) is 0.588. The summed E-state index contributed by atoms with van der Waals surface area (Å²) in [5, 5.41) is 3.13. The lowest BCUT2D eigenvalue weighted by Crippen LogP contribution is -2.39. The quantitative estimate of drug-likeness (QED) is 0.692. The molecule has 0 heterocycles. The maximum Gasteiger partial charge on any atom is 0.220 e. The molecular formula is C17H25BrN2O2.